The first-order chi connectivity index (χ1) is 13.9. The number of carbonyl (C=O) groups is 1. The highest BCUT2D eigenvalue weighted by molar-refractivity contribution is 14.1. The van der Waals surface area contributed by atoms with Gasteiger partial charge in [0.05, 0.1) is 6.54 Å². The minimum Gasteiger partial charge on any atom is -0.622 e. The first kappa shape index (κ1) is 22.6. The Morgan fingerprint density at radius 1 is 1.38 bits per heavy atom. The molecule has 1 aromatic carbocycles. The van der Waals surface area contributed by atoms with Crippen molar-refractivity contribution < 1.29 is 14.3 Å². The zero-order valence-corrected chi connectivity index (χ0v) is 19.7. The molecule has 1 aliphatic heterocycles. The Balaban J connectivity index is 1.61. The highest BCUT2D eigenvalue weighted by Gasteiger charge is 2.45. The van der Waals surface area contributed by atoms with E-state index in [0.717, 1.165) is 27.8 Å². The van der Waals surface area contributed by atoms with Crippen LogP contribution in [-0.4, -0.2) is 60.0 Å². The van der Waals surface area contributed by atoms with E-state index in [-0.39, 0.29) is 13.3 Å². The van der Waals surface area contributed by atoms with Crippen molar-refractivity contribution in [1.82, 2.24) is 19.7 Å². The first-order valence-electron chi connectivity index (χ1n) is 9.15. The fraction of sp³-hybridized carbons (Fsp3) is 0.500. The predicted octanol–water partition coefficient (Wildman–Crippen LogP) is 3.36. The molecule has 0 bridgehead atoms. The van der Waals surface area contributed by atoms with Crippen LogP contribution in [0.5, 0.6) is 5.75 Å². The summed E-state index contributed by atoms with van der Waals surface area (Å²) < 4.78 is 11.2. The number of likely N-dealkylation sites (N-methyl/N-ethyl adjacent to an activating group) is 1. The third kappa shape index (κ3) is 5.98. The van der Waals surface area contributed by atoms with Gasteiger partial charge in [-0.05, 0) is 78.1 Å². The monoisotopic (exact) mass is 552 g/mol. The number of alkyl halides is 1. The number of aryl methyl sites for hydroxylation is 1. The fourth-order valence-corrected chi connectivity index (χ4v) is 4.44. The number of aromatic nitrogens is 2. The van der Waals surface area contributed by atoms with Crippen LogP contribution in [0.1, 0.15) is 17.8 Å². The van der Waals surface area contributed by atoms with Crippen LogP contribution < -0.4 is 9.38 Å². The topological polar surface area (TPSA) is 87.6 Å². The molecule has 1 aliphatic rings. The number of ether oxygens (including phenoxy) is 2. The van der Waals surface area contributed by atoms with Gasteiger partial charge in [0.25, 0.3) is 6.23 Å². The zero-order valence-electron chi connectivity index (χ0n) is 15.9. The van der Waals surface area contributed by atoms with Gasteiger partial charge in [-0.1, -0.05) is 5.10 Å². The second-order valence-electron chi connectivity index (χ2n) is 6.79. The number of esters is 1. The summed E-state index contributed by atoms with van der Waals surface area (Å²) in [6, 6.07) is 7.32. The molecule has 2 atom stereocenters. The number of carbonyl (C=O) groups excluding carboxylic acids is 1. The molecule has 0 saturated carbocycles. The average molecular weight is 553 g/mol. The van der Waals surface area contributed by atoms with Gasteiger partial charge in [-0.2, -0.15) is 0 Å². The predicted molar refractivity (Wildman–Crippen MR) is 121 cm³/mol. The number of hydroxylamine groups is 2. The maximum absolute atomic E-state index is 13.5. The van der Waals surface area contributed by atoms with Crippen molar-refractivity contribution in [2.24, 2.45) is 0 Å². The van der Waals surface area contributed by atoms with Gasteiger partial charge in [0.2, 0.25) is 0 Å². The van der Waals surface area contributed by atoms with Gasteiger partial charge in [-0.25, -0.2) is 9.69 Å². The van der Waals surface area contributed by atoms with Gasteiger partial charge in [0, 0.05) is 15.9 Å². The zero-order chi connectivity index (χ0) is 20.9. The number of hydrogen-bond acceptors (Lipinski definition) is 8. The lowest BCUT2D eigenvalue weighted by molar-refractivity contribution is -0.155. The van der Waals surface area contributed by atoms with Gasteiger partial charge >= 0.3 is 11.1 Å². The van der Waals surface area contributed by atoms with Crippen LogP contribution in [0, 0.1) is 8.78 Å². The van der Waals surface area contributed by atoms with Crippen LogP contribution in [0.15, 0.2) is 24.3 Å². The minimum atomic E-state index is -0.906. The summed E-state index contributed by atoms with van der Waals surface area (Å²) in [6.45, 7) is 0.201. The third-order valence-corrected chi connectivity index (χ3v) is 6.46. The summed E-state index contributed by atoms with van der Waals surface area (Å²) in [5.41, 5.74) is 0. The Hall–Kier alpha value is -1.05. The number of rotatable bonds is 9. The first-order valence-corrected chi connectivity index (χ1v) is 11.6. The fourth-order valence-electron chi connectivity index (χ4n) is 2.94. The van der Waals surface area contributed by atoms with Crippen LogP contribution in [-0.2, 0) is 16.0 Å². The van der Waals surface area contributed by atoms with Crippen LogP contribution >= 0.6 is 45.5 Å². The summed E-state index contributed by atoms with van der Waals surface area (Å²) in [4.78, 5) is 14.1. The van der Waals surface area contributed by atoms with E-state index < -0.39 is 16.8 Å². The highest BCUT2D eigenvalue weighted by atomic mass is 127. The molecule has 29 heavy (non-hydrogen) atoms. The quantitative estimate of drug-likeness (QED) is 0.118. The van der Waals surface area contributed by atoms with Crippen LogP contribution in [0.2, 0.25) is 0 Å². The summed E-state index contributed by atoms with van der Waals surface area (Å²) in [5, 5.41) is 22.8. The Labute approximate surface area is 192 Å². The molecule has 2 heterocycles. The molecule has 1 aromatic heterocycles. The van der Waals surface area contributed by atoms with Crippen LogP contribution in [0.25, 0.3) is 0 Å². The van der Waals surface area contributed by atoms with Crippen LogP contribution in [0.4, 0.5) is 5.13 Å². The van der Waals surface area contributed by atoms with Crippen molar-refractivity contribution in [3.63, 3.8) is 0 Å². The van der Waals surface area contributed by atoms with E-state index in [2.05, 4.69) is 32.8 Å². The summed E-state index contributed by atoms with van der Waals surface area (Å²) in [6.07, 6.45) is 1.60. The smallest absolute Gasteiger partial charge is 0.348 e. The van der Waals surface area contributed by atoms with Gasteiger partial charge in [-0.3, -0.25) is 4.65 Å². The lowest BCUT2D eigenvalue weighted by Crippen LogP contribution is -2.51. The molecule has 11 heteroatoms. The Kier molecular flexibility index (Phi) is 8.05. The Morgan fingerprint density at radius 2 is 2.14 bits per heavy atom. The van der Waals surface area contributed by atoms with E-state index >= 15 is 0 Å². The van der Waals surface area contributed by atoms with Gasteiger partial charge < -0.3 is 14.7 Å². The second kappa shape index (κ2) is 10.3. The van der Waals surface area contributed by atoms with E-state index in [9.17, 15) is 10.0 Å². The van der Waals surface area contributed by atoms with Crippen molar-refractivity contribution >= 4 is 56.6 Å². The number of nitrogens with zero attached hydrogens (tertiary/aromatic N) is 4. The van der Waals surface area contributed by atoms with Gasteiger partial charge in [-0.15, -0.1) is 16.7 Å². The number of unbranched alkanes of at least 4 members (excludes halogenated alkanes) is 1. The standard InChI is InChI=1S/C18H22ClIN4O4S/c1-23-10-16(28-17(25)11-27-14-7-5-13(20)6-8-14)24(26,12-23)18-22-21-15(29-18)4-2-3-9-19/h5-8,16H,2-4,9-12H2,1H3. The minimum absolute atomic E-state index is 0.145. The molecular formula is C18H22ClIN4O4S. The van der Waals surface area contributed by atoms with Crippen molar-refractivity contribution in [3.8, 4) is 5.75 Å². The van der Waals surface area contributed by atoms with Crippen molar-refractivity contribution in [3.05, 3.63) is 38.1 Å². The largest absolute Gasteiger partial charge is 0.622 e. The lowest BCUT2D eigenvalue weighted by atomic mass is 10.3. The number of hydrogen-bond donors (Lipinski definition) is 0. The molecule has 0 amide bonds. The molecule has 2 aromatic rings. The molecule has 0 spiro atoms. The molecule has 0 N–H and O–H groups in total. The van der Waals surface area contributed by atoms with Crippen molar-refractivity contribution in [2.75, 3.05) is 32.7 Å². The average Bonchev–Trinajstić information content (AvgIpc) is 3.27. The molecule has 3 rings (SSSR count). The van der Waals surface area contributed by atoms with Gasteiger partial charge in [0.1, 0.15) is 17.4 Å². The maximum Gasteiger partial charge on any atom is 0.348 e. The van der Waals surface area contributed by atoms with E-state index in [4.69, 9.17) is 21.1 Å². The molecule has 2 unspecified atom stereocenters. The van der Waals surface area contributed by atoms with Gasteiger partial charge in [0.15, 0.2) is 6.61 Å². The molecular weight excluding hydrogens is 531 g/mol. The summed E-state index contributed by atoms with van der Waals surface area (Å²) in [7, 11) is 1.81. The highest BCUT2D eigenvalue weighted by Crippen LogP contribution is 2.34. The van der Waals surface area contributed by atoms with E-state index in [1.165, 1.54) is 11.3 Å². The SMILES string of the molecule is CN1CC(OC(=O)COc2ccc(I)cc2)[N+]([O-])(c2nnc(CCCCCl)s2)C1. The molecule has 0 radical (unpaired) electrons. The molecule has 158 valence electrons. The molecule has 8 nitrogen and oxygen atoms in total. The lowest BCUT2D eigenvalue weighted by Gasteiger charge is -2.38. The maximum atomic E-state index is 13.5. The van der Waals surface area contributed by atoms with E-state index in [1.54, 1.807) is 12.1 Å². The van der Waals surface area contributed by atoms with E-state index in [1.807, 2.05) is 24.1 Å². The second-order valence-corrected chi connectivity index (χ2v) is 9.45. The molecule has 1 saturated heterocycles. The number of quaternary nitrogens is 1. The third-order valence-electron chi connectivity index (χ3n) is 4.38. The Morgan fingerprint density at radius 3 is 2.86 bits per heavy atom. The Bertz CT molecular complexity index is 824. The number of benzene rings is 1. The summed E-state index contributed by atoms with van der Waals surface area (Å²) >= 11 is 9.16. The van der Waals surface area contributed by atoms with Crippen molar-refractivity contribution in [2.45, 2.75) is 25.5 Å². The molecule has 0 aliphatic carbocycles. The molecule has 1 fully saturated rings. The normalized spacial score (nSPS) is 22.0. The van der Waals surface area contributed by atoms with E-state index in [0.29, 0.717) is 23.3 Å². The summed E-state index contributed by atoms with van der Waals surface area (Å²) in [5.74, 6) is 0.578. The van der Waals surface area contributed by atoms with Crippen molar-refractivity contribution in [1.29, 1.82) is 0 Å². The van der Waals surface area contributed by atoms with Crippen LogP contribution in [0.3, 0.4) is 0 Å². The number of halogens is 2.